The van der Waals surface area contributed by atoms with Crippen LogP contribution in [0.5, 0.6) is 5.75 Å². The number of imidazole rings is 1. The van der Waals surface area contributed by atoms with Crippen LogP contribution in [0.1, 0.15) is 16.2 Å². The van der Waals surface area contributed by atoms with Crippen LogP contribution < -0.4 is 10.4 Å². The minimum absolute atomic E-state index is 0.0632. The van der Waals surface area contributed by atoms with Gasteiger partial charge in [0.1, 0.15) is 11.4 Å². The summed E-state index contributed by atoms with van der Waals surface area (Å²) in [5, 5.41) is 0.668. The molecule has 0 unspecified atom stereocenters. The Balaban J connectivity index is 1.42. The van der Waals surface area contributed by atoms with Crippen LogP contribution in [0.4, 0.5) is 0 Å². The number of rotatable bonds is 5. The Labute approximate surface area is 168 Å². The largest absolute Gasteiger partial charge is 0.493 e. The van der Waals surface area contributed by atoms with E-state index < -0.39 is 5.63 Å². The third-order valence-corrected chi connectivity index (χ3v) is 5.41. The quantitative estimate of drug-likeness (QED) is 0.612. The van der Waals surface area contributed by atoms with Crippen molar-refractivity contribution in [3.63, 3.8) is 0 Å². The van der Waals surface area contributed by atoms with E-state index in [0.29, 0.717) is 29.8 Å². The lowest BCUT2D eigenvalue weighted by Gasteiger charge is -2.34. The van der Waals surface area contributed by atoms with Crippen LogP contribution in [0.2, 0.25) is 0 Å². The van der Waals surface area contributed by atoms with Crippen LogP contribution in [0.3, 0.4) is 0 Å². The Hall–Kier alpha value is -3.13. The van der Waals surface area contributed by atoms with E-state index in [1.165, 1.54) is 7.11 Å². The molecule has 3 aromatic rings. The van der Waals surface area contributed by atoms with Gasteiger partial charge in [0.15, 0.2) is 11.3 Å². The molecule has 4 rings (SSSR count). The third kappa shape index (κ3) is 3.88. The summed E-state index contributed by atoms with van der Waals surface area (Å²) < 4.78 is 12.7. The molecular weight excluding hydrogens is 372 g/mol. The molecule has 29 heavy (non-hydrogen) atoms. The number of aromatic nitrogens is 2. The maximum absolute atomic E-state index is 12.9. The minimum Gasteiger partial charge on any atom is -0.493 e. The first-order valence-electron chi connectivity index (χ1n) is 9.67. The van der Waals surface area contributed by atoms with Crippen LogP contribution in [-0.2, 0) is 6.54 Å². The molecular formula is C21H24N4O4. The van der Waals surface area contributed by atoms with Gasteiger partial charge in [0.05, 0.1) is 7.11 Å². The summed E-state index contributed by atoms with van der Waals surface area (Å²) in [6.45, 7) is 6.46. The molecule has 8 nitrogen and oxygen atoms in total. The zero-order chi connectivity index (χ0) is 20.4. The molecule has 2 aromatic heterocycles. The number of aryl methyl sites for hydroxylation is 1. The molecule has 3 heterocycles. The average molecular weight is 396 g/mol. The number of nitrogens with zero attached hydrogens (tertiary/aromatic N) is 4. The van der Waals surface area contributed by atoms with E-state index >= 15 is 0 Å². The van der Waals surface area contributed by atoms with Gasteiger partial charge in [-0.25, -0.2) is 9.78 Å². The fraction of sp³-hybridized carbons (Fsp3) is 0.381. The Kier molecular flexibility index (Phi) is 5.35. The topological polar surface area (TPSA) is 80.8 Å². The number of piperazine rings is 1. The van der Waals surface area contributed by atoms with Crippen LogP contribution in [-0.4, -0.2) is 65.1 Å². The maximum atomic E-state index is 12.9. The molecule has 0 N–H and O–H groups in total. The highest BCUT2D eigenvalue weighted by Gasteiger charge is 2.25. The van der Waals surface area contributed by atoms with E-state index in [0.717, 1.165) is 32.0 Å². The van der Waals surface area contributed by atoms with Gasteiger partial charge in [0, 0.05) is 57.0 Å². The fourth-order valence-corrected chi connectivity index (χ4v) is 3.66. The molecule has 0 saturated carbocycles. The number of ether oxygens (including phenoxy) is 1. The third-order valence-electron chi connectivity index (χ3n) is 5.41. The van der Waals surface area contributed by atoms with Crippen LogP contribution in [0.15, 0.2) is 45.9 Å². The summed E-state index contributed by atoms with van der Waals surface area (Å²) in [5.41, 5.74) is -0.213. The van der Waals surface area contributed by atoms with E-state index in [1.807, 2.05) is 13.1 Å². The van der Waals surface area contributed by atoms with Crippen molar-refractivity contribution in [3.8, 4) is 5.75 Å². The Morgan fingerprint density at radius 3 is 2.69 bits per heavy atom. The molecule has 1 fully saturated rings. The van der Waals surface area contributed by atoms with Gasteiger partial charge in [0.2, 0.25) is 0 Å². The number of methoxy groups -OCH3 is 1. The zero-order valence-electron chi connectivity index (χ0n) is 16.6. The van der Waals surface area contributed by atoms with Crippen molar-refractivity contribution < 1.29 is 13.9 Å². The predicted octanol–water partition coefficient (Wildman–Crippen LogP) is 1.76. The van der Waals surface area contributed by atoms with E-state index in [-0.39, 0.29) is 11.5 Å². The van der Waals surface area contributed by atoms with Crippen molar-refractivity contribution >= 4 is 16.9 Å². The highest BCUT2D eigenvalue weighted by Crippen LogP contribution is 2.24. The molecule has 8 heteroatoms. The van der Waals surface area contributed by atoms with Crippen LogP contribution in [0, 0.1) is 6.92 Å². The minimum atomic E-state index is -0.634. The molecule has 0 atom stereocenters. The van der Waals surface area contributed by atoms with Crippen molar-refractivity contribution in [2.45, 2.75) is 13.5 Å². The fourth-order valence-electron chi connectivity index (χ4n) is 3.66. The molecule has 0 aliphatic carbocycles. The van der Waals surface area contributed by atoms with Gasteiger partial charge >= 0.3 is 5.63 Å². The van der Waals surface area contributed by atoms with Crippen LogP contribution >= 0.6 is 0 Å². The summed E-state index contributed by atoms with van der Waals surface area (Å²) in [6, 6.07) is 6.92. The first-order chi connectivity index (χ1) is 14.1. The number of amides is 1. The van der Waals surface area contributed by atoms with Gasteiger partial charge < -0.3 is 18.6 Å². The summed E-state index contributed by atoms with van der Waals surface area (Å²) in [4.78, 5) is 33.6. The van der Waals surface area contributed by atoms with E-state index in [9.17, 15) is 9.59 Å². The standard InChI is InChI=1S/C21H24N4O4/c1-15-22-6-7-24(15)11-8-23-9-12-25(13-10-23)20(26)17-14-16-4-3-5-18(28-2)19(16)29-21(17)27/h3-7,14H,8-13H2,1-2H3. The normalized spacial score (nSPS) is 15.0. The lowest BCUT2D eigenvalue weighted by atomic mass is 10.1. The van der Waals surface area contributed by atoms with E-state index in [1.54, 1.807) is 35.4 Å². The van der Waals surface area contributed by atoms with E-state index in [4.69, 9.17) is 9.15 Å². The first-order valence-corrected chi connectivity index (χ1v) is 9.67. The molecule has 1 aliphatic rings. The van der Waals surface area contributed by atoms with Gasteiger partial charge in [0.25, 0.3) is 5.91 Å². The number of benzene rings is 1. The van der Waals surface area contributed by atoms with Crippen molar-refractivity contribution in [2.75, 3.05) is 39.8 Å². The van der Waals surface area contributed by atoms with Gasteiger partial charge in [-0.1, -0.05) is 12.1 Å². The lowest BCUT2D eigenvalue weighted by molar-refractivity contribution is 0.0629. The van der Waals surface area contributed by atoms with Crippen molar-refractivity contribution in [3.05, 3.63) is 58.5 Å². The van der Waals surface area contributed by atoms with Crippen molar-refractivity contribution in [1.82, 2.24) is 19.4 Å². The highest BCUT2D eigenvalue weighted by molar-refractivity contribution is 5.97. The maximum Gasteiger partial charge on any atom is 0.349 e. The number of carbonyl (C=O) groups is 1. The Bertz CT molecular complexity index is 1080. The number of para-hydroxylation sites is 1. The molecule has 1 saturated heterocycles. The molecule has 0 radical (unpaired) electrons. The molecule has 1 aliphatic heterocycles. The van der Waals surface area contributed by atoms with Crippen molar-refractivity contribution in [1.29, 1.82) is 0 Å². The van der Waals surface area contributed by atoms with Crippen LogP contribution in [0.25, 0.3) is 11.0 Å². The summed E-state index contributed by atoms with van der Waals surface area (Å²) >= 11 is 0. The molecule has 1 amide bonds. The molecule has 1 aromatic carbocycles. The van der Waals surface area contributed by atoms with Gasteiger partial charge in [-0.2, -0.15) is 0 Å². The van der Waals surface area contributed by atoms with Gasteiger partial charge in [-0.15, -0.1) is 0 Å². The SMILES string of the molecule is COc1cccc2cc(C(=O)N3CCN(CCn4ccnc4C)CC3)c(=O)oc12. The number of hydrogen-bond acceptors (Lipinski definition) is 6. The highest BCUT2D eigenvalue weighted by atomic mass is 16.5. The molecule has 152 valence electrons. The molecule has 0 bridgehead atoms. The second-order valence-corrected chi connectivity index (χ2v) is 7.13. The second-order valence-electron chi connectivity index (χ2n) is 7.13. The second kappa shape index (κ2) is 8.08. The lowest BCUT2D eigenvalue weighted by Crippen LogP contribution is -2.50. The number of carbonyl (C=O) groups excluding carboxylic acids is 1. The number of fused-ring (bicyclic) bond motifs is 1. The average Bonchev–Trinajstić information content (AvgIpc) is 3.16. The molecule has 0 spiro atoms. The monoisotopic (exact) mass is 396 g/mol. The number of hydrogen-bond donors (Lipinski definition) is 0. The Morgan fingerprint density at radius 1 is 1.21 bits per heavy atom. The summed E-state index contributed by atoms with van der Waals surface area (Å²) in [7, 11) is 1.52. The van der Waals surface area contributed by atoms with Gasteiger partial charge in [-0.05, 0) is 19.1 Å². The Morgan fingerprint density at radius 2 is 2.00 bits per heavy atom. The van der Waals surface area contributed by atoms with Gasteiger partial charge in [-0.3, -0.25) is 9.69 Å². The zero-order valence-corrected chi connectivity index (χ0v) is 16.6. The predicted molar refractivity (Wildman–Crippen MR) is 108 cm³/mol. The smallest absolute Gasteiger partial charge is 0.349 e. The first kappa shape index (κ1) is 19.2. The summed E-state index contributed by atoms with van der Waals surface area (Å²) in [6.07, 6.45) is 3.78. The van der Waals surface area contributed by atoms with Crippen molar-refractivity contribution in [2.24, 2.45) is 0 Å². The van der Waals surface area contributed by atoms with E-state index in [2.05, 4.69) is 14.5 Å². The summed E-state index contributed by atoms with van der Waals surface area (Å²) in [5.74, 6) is 1.19.